The fourth-order valence-electron chi connectivity index (χ4n) is 3.53. The normalized spacial score (nSPS) is 14.5. The van der Waals surface area contributed by atoms with Gasteiger partial charge in [-0.3, -0.25) is 9.69 Å². The average molecular weight is 441 g/mol. The summed E-state index contributed by atoms with van der Waals surface area (Å²) in [5.41, 5.74) is 1.11. The predicted molar refractivity (Wildman–Crippen MR) is 119 cm³/mol. The molecule has 162 valence electrons. The summed E-state index contributed by atoms with van der Waals surface area (Å²) in [5.74, 6) is 2.34. The van der Waals surface area contributed by atoms with Crippen molar-refractivity contribution in [2.24, 2.45) is 0 Å². The molecule has 2 heterocycles. The van der Waals surface area contributed by atoms with Crippen LogP contribution >= 0.6 is 11.6 Å². The Bertz CT molecular complexity index is 1010. The average Bonchev–Trinajstić information content (AvgIpc) is 3.29. The summed E-state index contributed by atoms with van der Waals surface area (Å²) < 4.78 is 16.6. The number of halogens is 1. The third kappa shape index (κ3) is 5.40. The number of nitrogens with zero attached hydrogens (tertiary/aromatic N) is 2. The van der Waals surface area contributed by atoms with Crippen LogP contribution in [0.2, 0.25) is 5.02 Å². The highest BCUT2D eigenvalue weighted by Crippen LogP contribution is 2.21. The number of piperazine rings is 1. The Kier molecular flexibility index (Phi) is 6.79. The number of hydrogen-bond donors (Lipinski definition) is 0. The summed E-state index contributed by atoms with van der Waals surface area (Å²) in [6.07, 6.45) is 0. The number of ether oxygens (including phenoxy) is 2. The van der Waals surface area contributed by atoms with E-state index in [1.165, 1.54) is 0 Å². The molecule has 1 aromatic heterocycles. The predicted octanol–water partition coefficient (Wildman–Crippen LogP) is 4.48. The Morgan fingerprint density at radius 1 is 0.968 bits per heavy atom. The van der Waals surface area contributed by atoms with Gasteiger partial charge in [0.15, 0.2) is 5.76 Å². The molecule has 0 atom stereocenters. The van der Waals surface area contributed by atoms with Crippen LogP contribution in [0.4, 0.5) is 0 Å². The first-order chi connectivity index (χ1) is 15.1. The Morgan fingerprint density at radius 2 is 1.68 bits per heavy atom. The molecular weight excluding hydrogens is 416 g/mol. The Labute approximate surface area is 186 Å². The van der Waals surface area contributed by atoms with Crippen LogP contribution in [0.1, 0.15) is 21.9 Å². The van der Waals surface area contributed by atoms with Gasteiger partial charge in [0, 0.05) is 37.7 Å². The maximum Gasteiger partial charge on any atom is 0.289 e. The van der Waals surface area contributed by atoms with Crippen LogP contribution in [-0.2, 0) is 13.2 Å². The van der Waals surface area contributed by atoms with E-state index in [0.717, 1.165) is 36.0 Å². The molecule has 1 fully saturated rings. The first-order valence-electron chi connectivity index (χ1n) is 10.2. The highest BCUT2D eigenvalue weighted by molar-refractivity contribution is 6.31. The van der Waals surface area contributed by atoms with Crippen LogP contribution in [0.3, 0.4) is 0 Å². The van der Waals surface area contributed by atoms with Gasteiger partial charge in [-0.1, -0.05) is 29.8 Å². The van der Waals surface area contributed by atoms with Gasteiger partial charge in [0.25, 0.3) is 5.91 Å². The van der Waals surface area contributed by atoms with E-state index in [9.17, 15) is 4.79 Å². The molecule has 2 aromatic carbocycles. The molecule has 0 saturated carbocycles. The van der Waals surface area contributed by atoms with E-state index in [2.05, 4.69) is 4.90 Å². The second-order valence-electron chi connectivity index (χ2n) is 7.39. The molecule has 31 heavy (non-hydrogen) atoms. The van der Waals surface area contributed by atoms with Crippen molar-refractivity contribution >= 4 is 17.5 Å². The van der Waals surface area contributed by atoms with Crippen molar-refractivity contribution in [1.29, 1.82) is 0 Å². The third-order valence-corrected chi connectivity index (χ3v) is 5.69. The van der Waals surface area contributed by atoms with Crippen LogP contribution in [-0.4, -0.2) is 49.0 Å². The van der Waals surface area contributed by atoms with E-state index in [4.69, 9.17) is 25.5 Å². The molecule has 0 aliphatic carbocycles. The van der Waals surface area contributed by atoms with Crippen LogP contribution < -0.4 is 9.47 Å². The van der Waals surface area contributed by atoms with Crippen molar-refractivity contribution in [2.45, 2.75) is 13.2 Å². The smallest absolute Gasteiger partial charge is 0.289 e. The minimum absolute atomic E-state index is 0.0897. The molecule has 1 amide bonds. The summed E-state index contributed by atoms with van der Waals surface area (Å²) in [5, 5.41) is 0.779. The molecule has 0 spiro atoms. The van der Waals surface area contributed by atoms with Gasteiger partial charge >= 0.3 is 0 Å². The summed E-state index contributed by atoms with van der Waals surface area (Å²) in [6, 6.07) is 18.7. The molecular formula is C24H25ClN2O4. The number of benzene rings is 2. The Morgan fingerprint density at radius 3 is 2.39 bits per heavy atom. The topological polar surface area (TPSA) is 55.2 Å². The fraction of sp³-hybridized carbons (Fsp3) is 0.292. The van der Waals surface area contributed by atoms with Crippen LogP contribution in [0.15, 0.2) is 65.1 Å². The zero-order valence-corrected chi connectivity index (χ0v) is 18.2. The number of carbonyl (C=O) groups excluding carboxylic acids is 1. The maximum atomic E-state index is 12.8. The molecule has 0 radical (unpaired) electrons. The van der Waals surface area contributed by atoms with Gasteiger partial charge in [0.1, 0.15) is 23.9 Å². The van der Waals surface area contributed by atoms with Crippen molar-refractivity contribution in [3.8, 4) is 11.5 Å². The molecule has 4 rings (SSSR count). The van der Waals surface area contributed by atoms with Crippen molar-refractivity contribution in [2.75, 3.05) is 33.3 Å². The second kappa shape index (κ2) is 9.90. The van der Waals surface area contributed by atoms with Crippen LogP contribution in [0, 0.1) is 0 Å². The number of methoxy groups -OCH3 is 1. The number of hydrogen-bond acceptors (Lipinski definition) is 5. The monoisotopic (exact) mass is 440 g/mol. The van der Waals surface area contributed by atoms with E-state index in [1.54, 1.807) is 19.2 Å². The van der Waals surface area contributed by atoms with Crippen molar-refractivity contribution in [1.82, 2.24) is 9.80 Å². The Balaban J connectivity index is 1.27. The minimum Gasteiger partial charge on any atom is -0.497 e. The molecule has 7 heteroatoms. The standard InChI is InChI=1S/C24H25ClN2O4/c1-29-19-6-8-20(9-7-19)30-17-21-10-11-23(31-21)24(28)27-14-12-26(13-15-27)16-18-4-2-3-5-22(18)25/h2-11H,12-17H2,1H3. The third-order valence-electron chi connectivity index (χ3n) is 5.32. The fourth-order valence-corrected chi connectivity index (χ4v) is 3.72. The molecule has 0 bridgehead atoms. The van der Waals surface area contributed by atoms with Gasteiger partial charge < -0.3 is 18.8 Å². The number of amides is 1. The maximum absolute atomic E-state index is 12.8. The number of rotatable bonds is 7. The quantitative estimate of drug-likeness (QED) is 0.542. The molecule has 1 saturated heterocycles. The van der Waals surface area contributed by atoms with Crippen molar-refractivity contribution in [3.05, 3.63) is 82.8 Å². The highest BCUT2D eigenvalue weighted by Gasteiger charge is 2.24. The first kappa shape index (κ1) is 21.3. The van der Waals surface area contributed by atoms with Gasteiger partial charge in [0.2, 0.25) is 0 Å². The van der Waals surface area contributed by atoms with Gasteiger partial charge in [0.05, 0.1) is 7.11 Å². The van der Waals surface area contributed by atoms with Crippen LogP contribution in [0.25, 0.3) is 0 Å². The summed E-state index contributed by atoms with van der Waals surface area (Å²) >= 11 is 6.26. The molecule has 3 aromatic rings. The molecule has 1 aliphatic rings. The molecule has 0 unspecified atom stereocenters. The molecule has 1 aliphatic heterocycles. The van der Waals surface area contributed by atoms with E-state index in [1.807, 2.05) is 53.4 Å². The first-order valence-corrected chi connectivity index (χ1v) is 10.6. The van der Waals surface area contributed by atoms with Gasteiger partial charge in [-0.25, -0.2) is 0 Å². The van der Waals surface area contributed by atoms with E-state index in [0.29, 0.717) is 30.4 Å². The molecule has 0 N–H and O–H groups in total. The largest absolute Gasteiger partial charge is 0.497 e. The highest BCUT2D eigenvalue weighted by atomic mass is 35.5. The SMILES string of the molecule is COc1ccc(OCc2ccc(C(=O)N3CCN(Cc4ccccc4Cl)CC3)o2)cc1. The van der Waals surface area contributed by atoms with E-state index in [-0.39, 0.29) is 12.5 Å². The lowest BCUT2D eigenvalue weighted by Crippen LogP contribution is -2.48. The minimum atomic E-state index is -0.0897. The lowest BCUT2D eigenvalue weighted by Gasteiger charge is -2.34. The Hall–Kier alpha value is -2.96. The zero-order chi connectivity index (χ0) is 21.6. The molecule has 6 nitrogen and oxygen atoms in total. The summed E-state index contributed by atoms with van der Waals surface area (Å²) in [7, 11) is 1.62. The summed E-state index contributed by atoms with van der Waals surface area (Å²) in [4.78, 5) is 17.0. The second-order valence-corrected chi connectivity index (χ2v) is 7.80. The number of carbonyl (C=O) groups is 1. The lowest BCUT2D eigenvalue weighted by molar-refractivity contribution is 0.0594. The number of furan rings is 1. The van der Waals surface area contributed by atoms with E-state index < -0.39 is 0 Å². The lowest BCUT2D eigenvalue weighted by atomic mass is 10.2. The van der Waals surface area contributed by atoms with E-state index >= 15 is 0 Å². The van der Waals surface area contributed by atoms with Gasteiger partial charge in [-0.15, -0.1) is 0 Å². The summed E-state index contributed by atoms with van der Waals surface area (Å²) in [6.45, 7) is 3.94. The van der Waals surface area contributed by atoms with Crippen molar-refractivity contribution < 1.29 is 18.7 Å². The van der Waals surface area contributed by atoms with Crippen LogP contribution in [0.5, 0.6) is 11.5 Å². The van der Waals surface area contributed by atoms with Crippen molar-refractivity contribution in [3.63, 3.8) is 0 Å². The van der Waals surface area contributed by atoms with Gasteiger partial charge in [-0.05, 0) is 48.0 Å². The van der Waals surface area contributed by atoms with Gasteiger partial charge in [-0.2, -0.15) is 0 Å². The zero-order valence-electron chi connectivity index (χ0n) is 17.4.